The number of aliphatic hydroxyl groups is 1. The summed E-state index contributed by atoms with van der Waals surface area (Å²) in [5, 5.41) is 10.3. The molecule has 6 heteroatoms. The Morgan fingerprint density at radius 1 is 1.17 bits per heavy atom. The molecule has 0 aliphatic carbocycles. The van der Waals surface area contributed by atoms with Crippen LogP contribution in [0, 0.1) is 5.41 Å². The fraction of sp³-hybridized carbons (Fsp3) is 0.941. The highest BCUT2D eigenvalue weighted by molar-refractivity contribution is 6.74. The van der Waals surface area contributed by atoms with Gasteiger partial charge in [-0.3, -0.25) is 4.79 Å². The molecule has 1 rings (SSSR count). The second kappa shape index (κ2) is 7.21. The standard InChI is InChI=1S/C17H34O5Si/c1-16(2,3)15(19)22-14-10-9-12(18)13(21-14)11-20-23(7,8)17(4,5)6/h12-14,18H,9-11H2,1-8H3/t12-,13+,14+/m0/s1. The molecule has 3 atom stereocenters. The molecule has 1 heterocycles. The number of carbonyl (C=O) groups is 1. The summed E-state index contributed by atoms with van der Waals surface area (Å²) in [6.45, 7) is 16.6. The van der Waals surface area contributed by atoms with E-state index in [1.807, 2.05) is 20.8 Å². The fourth-order valence-electron chi connectivity index (χ4n) is 1.89. The average Bonchev–Trinajstić information content (AvgIpc) is 2.37. The first-order valence-corrected chi connectivity index (χ1v) is 11.3. The summed E-state index contributed by atoms with van der Waals surface area (Å²) >= 11 is 0. The zero-order valence-corrected chi connectivity index (χ0v) is 16.9. The zero-order chi connectivity index (χ0) is 18.1. The predicted molar refractivity (Wildman–Crippen MR) is 92.6 cm³/mol. The van der Waals surface area contributed by atoms with E-state index in [9.17, 15) is 9.90 Å². The Morgan fingerprint density at radius 3 is 2.22 bits per heavy atom. The van der Waals surface area contributed by atoms with Gasteiger partial charge in [-0.25, -0.2) is 0 Å². The Labute approximate surface area is 141 Å². The molecule has 1 fully saturated rings. The van der Waals surface area contributed by atoms with Crippen LogP contribution >= 0.6 is 0 Å². The third-order valence-corrected chi connectivity index (χ3v) is 9.22. The number of ether oxygens (including phenoxy) is 2. The molecule has 0 aromatic rings. The molecule has 1 N–H and O–H groups in total. The maximum atomic E-state index is 12.0. The quantitative estimate of drug-likeness (QED) is 0.624. The topological polar surface area (TPSA) is 65.0 Å². The van der Waals surface area contributed by atoms with Crippen molar-refractivity contribution in [2.45, 2.75) is 91.0 Å². The highest BCUT2D eigenvalue weighted by Crippen LogP contribution is 2.37. The lowest BCUT2D eigenvalue weighted by molar-refractivity contribution is -0.231. The van der Waals surface area contributed by atoms with Crippen LogP contribution in [0.3, 0.4) is 0 Å². The first kappa shape index (κ1) is 20.6. The van der Waals surface area contributed by atoms with Crippen LogP contribution in [0.5, 0.6) is 0 Å². The SMILES string of the molecule is CC(C)(C)C(=O)O[C@@H]1CC[C@H](O)[C@@H](CO[Si](C)(C)C(C)(C)C)O1. The van der Waals surface area contributed by atoms with Crippen LogP contribution in [-0.2, 0) is 18.7 Å². The summed E-state index contributed by atoms with van der Waals surface area (Å²) < 4.78 is 17.3. The van der Waals surface area contributed by atoms with Gasteiger partial charge in [0.2, 0.25) is 6.29 Å². The minimum absolute atomic E-state index is 0.102. The van der Waals surface area contributed by atoms with Gasteiger partial charge in [0, 0.05) is 6.42 Å². The van der Waals surface area contributed by atoms with Crippen molar-refractivity contribution in [1.82, 2.24) is 0 Å². The Morgan fingerprint density at radius 2 is 1.74 bits per heavy atom. The molecule has 0 aromatic carbocycles. The molecule has 0 spiro atoms. The molecular formula is C17H34O5Si. The monoisotopic (exact) mass is 346 g/mol. The Bertz CT molecular complexity index is 408. The van der Waals surface area contributed by atoms with Gasteiger partial charge in [-0.1, -0.05) is 20.8 Å². The molecule has 0 aromatic heterocycles. The second-order valence-corrected chi connectivity index (χ2v) is 13.8. The highest BCUT2D eigenvalue weighted by atomic mass is 28.4. The van der Waals surface area contributed by atoms with Gasteiger partial charge in [0.15, 0.2) is 8.32 Å². The van der Waals surface area contributed by atoms with E-state index in [4.69, 9.17) is 13.9 Å². The van der Waals surface area contributed by atoms with Gasteiger partial charge in [0.05, 0.1) is 18.1 Å². The number of carbonyl (C=O) groups excluding carboxylic acids is 1. The fourth-order valence-corrected chi connectivity index (χ4v) is 2.90. The van der Waals surface area contributed by atoms with Crippen molar-refractivity contribution >= 4 is 14.3 Å². The third-order valence-electron chi connectivity index (χ3n) is 4.72. The molecule has 0 amide bonds. The molecule has 0 bridgehead atoms. The zero-order valence-electron chi connectivity index (χ0n) is 15.9. The smallest absolute Gasteiger partial charge is 0.313 e. The van der Waals surface area contributed by atoms with Gasteiger partial charge >= 0.3 is 5.97 Å². The van der Waals surface area contributed by atoms with Gasteiger partial charge in [0.1, 0.15) is 6.10 Å². The average molecular weight is 347 g/mol. The molecule has 0 radical (unpaired) electrons. The van der Waals surface area contributed by atoms with Gasteiger partial charge in [0.25, 0.3) is 0 Å². The van der Waals surface area contributed by atoms with Crippen molar-refractivity contribution in [1.29, 1.82) is 0 Å². The van der Waals surface area contributed by atoms with Crippen LogP contribution in [-0.4, -0.2) is 44.5 Å². The largest absolute Gasteiger partial charge is 0.435 e. The molecule has 0 saturated carbocycles. The van der Waals surface area contributed by atoms with Crippen LogP contribution in [0.15, 0.2) is 0 Å². The summed E-state index contributed by atoms with van der Waals surface area (Å²) in [4.78, 5) is 12.0. The lowest BCUT2D eigenvalue weighted by Crippen LogP contribution is -2.48. The predicted octanol–water partition coefficient (Wildman–Crippen LogP) is 3.46. The summed E-state index contributed by atoms with van der Waals surface area (Å²) in [6, 6.07) is 0. The number of hydrogen-bond acceptors (Lipinski definition) is 5. The summed E-state index contributed by atoms with van der Waals surface area (Å²) in [6.07, 6.45) is -0.564. The summed E-state index contributed by atoms with van der Waals surface area (Å²) in [7, 11) is -1.90. The summed E-state index contributed by atoms with van der Waals surface area (Å²) in [5.74, 6) is -0.289. The van der Waals surface area contributed by atoms with Gasteiger partial charge in [-0.05, 0) is 45.3 Å². The van der Waals surface area contributed by atoms with Crippen LogP contribution in [0.2, 0.25) is 18.1 Å². The van der Waals surface area contributed by atoms with E-state index >= 15 is 0 Å². The molecule has 0 unspecified atom stereocenters. The van der Waals surface area contributed by atoms with E-state index in [2.05, 4.69) is 33.9 Å². The van der Waals surface area contributed by atoms with Crippen molar-refractivity contribution in [3.8, 4) is 0 Å². The van der Waals surface area contributed by atoms with E-state index in [-0.39, 0.29) is 11.0 Å². The van der Waals surface area contributed by atoms with Crippen LogP contribution in [0.1, 0.15) is 54.4 Å². The normalized spacial score (nSPS) is 26.9. The maximum absolute atomic E-state index is 12.0. The number of esters is 1. The van der Waals surface area contributed by atoms with Crippen LogP contribution in [0.4, 0.5) is 0 Å². The Kier molecular flexibility index (Phi) is 6.46. The minimum Gasteiger partial charge on any atom is -0.435 e. The number of rotatable bonds is 4. The molecule has 1 saturated heterocycles. The van der Waals surface area contributed by atoms with Crippen molar-refractivity contribution in [2.75, 3.05) is 6.61 Å². The first-order valence-electron chi connectivity index (χ1n) is 8.42. The van der Waals surface area contributed by atoms with E-state index in [1.165, 1.54) is 0 Å². The van der Waals surface area contributed by atoms with Crippen LogP contribution in [0.25, 0.3) is 0 Å². The Hall–Kier alpha value is -0.433. The van der Waals surface area contributed by atoms with Crippen molar-refractivity contribution in [3.05, 3.63) is 0 Å². The second-order valence-electron chi connectivity index (χ2n) is 8.98. The van der Waals surface area contributed by atoms with E-state index < -0.39 is 32.2 Å². The van der Waals surface area contributed by atoms with Crippen LogP contribution < -0.4 is 0 Å². The van der Waals surface area contributed by atoms with Crippen molar-refractivity contribution < 1.29 is 23.8 Å². The lowest BCUT2D eigenvalue weighted by atomic mass is 9.97. The van der Waals surface area contributed by atoms with E-state index in [1.54, 1.807) is 0 Å². The van der Waals surface area contributed by atoms with Gasteiger partial charge in [-0.15, -0.1) is 0 Å². The van der Waals surface area contributed by atoms with Gasteiger partial charge < -0.3 is 19.0 Å². The molecule has 1 aliphatic rings. The number of aliphatic hydroxyl groups excluding tert-OH is 1. The summed E-state index contributed by atoms with van der Waals surface area (Å²) in [5.41, 5.74) is -0.563. The molecule has 136 valence electrons. The molecule has 1 aliphatic heterocycles. The van der Waals surface area contributed by atoms with Crippen molar-refractivity contribution in [3.63, 3.8) is 0 Å². The Balaban J connectivity index is 2.60. The number of hydrogen-bond donors (Lipinski definition) is 1. The molecular weight excluding hydrogens is 312 g/mol. The highest BCUT2D eigenvalue weighted by Gasteiger charge is 2.40. The molecule has 23 heavy (non-hydrogen) atoms. The minimum atomic E-state index is -1.90. The molecule has 5 nitrogen and oxygen atoms in total. The van der Waals surface area contributed by atoms with Crippen molar-refractivity contribution in [2.24, 2.45) is 5.41 Å². The lowest BCUT2D eigenvalue weighted by Gasteiger charge is -2.39. The van der Waals surface area contributed by atoms with E-state index in [0.717, 1.165) is 0 Å². The third kappa shape index (κ3) is 5.85. The van der Waals surface area contributed by atoms with Gasteiger partial charge in [-0.2, -0.15) is 0 Å². The maximum Gasteiger partial charge on any atom is 0.313 e. The van der Waals surface area contributed by atoms with E-state index in [0.29, 0.717) is 19.4 Å². The first-order chi connectivity index (χ1) is 10.2.